The lowest BCUT2D eigenvalue weighted by atomic mass is 9.97. The summed E-state index contributed by atoms with van der Waals surface area (Å²) in [6.07, 6.45) is 6.53. The third kappa shape index (κ3) is 6.15. The van der Waals surface area contributed by atoms with Gasteiger partial charge in [0, 0.05) is 23.6 Å². The molecule has 7 nitrogen and oxygen atoms in total. The van der Waals surface area contributed by atoms with Crippen LogP contribution in [-0.2, 0) is 9.84 Å². The van der Waals surface area contributed by atoms with Gasteiger partial charge in [0.2, 0.25) is 5.88 Å². The highest BCUT2D eigenvalue weighted by Gasteiger charge is 2.26. The second kappa shape index (κ2) is 9.75. The predicted molar refractivity (Wildman–Crippen MR) is 118 cm³/mol. The molecule has 0 aliphatic heterocycles. The zero-order valence-electron chi connectivity index (χ0n) is 17.5. The quantitative estimate of drug-likeness (QED) is 0.696. The molecule has 0 spiro atoms. The van der Waals surface area contributed by atoms with Crippen LogP contribution in [0, 0.1) is 11.3 Å². The third-order valence-corrected chi connectivity index (χ3v) is 5.71. The van der Waals surface area contributed by atoms with Crippen LogP contribution >= 0.6 is 0 Å². The summed E-state index contributed by atoms with van der Waals surface area (Å²) in [5.74, 6) is 0.320. The predicted octanol–water partition coefficient (Wildman–Crippen LogP) is 4.08. The molecule has 1 aliphatic rings. The van der Waals surface area contributed by atoms with Crippen molar-refractivity contribution in [2.24, 2.45) is 0 Å². The first-order valence-corrected chi connectivity index (χ1v) is 12.1. The van der Waals surface area contributed by atoms with E-state index in [9.17, 15) is 18.5 Å². The first kappa shape index (κ1) is 22.5. The Bertz CT molecular complexity index is 1120. The van der Waals surface area contributed by atoms with E-state index in [4.69, 9.17) is 4.74 Å². The van der Waals surface area contributed by atoms with Gasteiger partial charge < -0.3 is 10.1 Å². The van der Waals surface area contributed by atoms with Crippen molar-refractivity contribution in [3.8, 4) is 17.7 Å². The maximum Gasteiger partial charge on any atom is 0.257 e. The summed E-state index contributed by atoms with van der Waals surface area (Å²) in [4.78, 5) is 17.6. The number of nitrogens with one attached hydrogen (secondary N) is 1. The number of pyridine rings is 1. The SMILES string of the molecule is CC(C=CS(C)(=O)=O)NC(=O)c1cc(C#N)c(C2CCCC2)nc1Oc1ccccc1. The first-order valence-electron chi connectivity index (χ1n) is 10.1. The standard InChI is InChI=1S/C23H25N3O4S/c1-16(12-13-31(2,28)29)25-22(27)20-14-18(15-24)21(17-8-6-7-9-17)26-23(20)30-19-10-4-3-5-11-19/h3-5,10-14,16-17H,6-9H2,1-2H3,(H,25,27). The molecule has 1 aromatic heterocycles. The largest absolute Gasteiger partial charge is 0.438 e. The zero-order valence-corrected chi connectivity index (χ0v) is 18.4. The van der Waals surface area contributed by atoms with Crippen molar-refractivity contribution in [2.45, 2.75) is 44.6 Å². The third-order valence-electron chi connectivity index (χ3n) is 5.05. The molecule has 2 aromatic rings. The van der Waals surface area contributed by atoms with Crippen LogP contribution in [0.5, 0.6) is 11.6 Å². The number of aromatic nitrogens is 1. The van der Waals surface area contributed by atoms with E-state index in [2.05, 4.69) is 16.4 Å². The number of sulfone groups is 1. The molecule has 1 N–H and O–H groups in total. The van der Waals surface area contributed by atoms with Crippen molar-refractivity contribution in [3.63, 3.8) is 0 Å². The van der Waals surface area contributed by atoms with E-state index in [0.717, 1.165) is 37.3 Å². The van der Waals surface area contributed by atoms with E-state index >= 15 is 0 Å². The molecule has 1 aliphatic carbocycles. The van der Waals surface area contributed by atoms with E-state index in [-0.39, 0.29) is 17.4 Å². The number of carbonyl (C=O) groups is 1. The van der Waals surface area contributed by atoms with Crippen molar-refractivity contribution < 1.29 is 17.9 Å². The summed E-state index contributed by atoms with van der Waals surface area (Å²) >= 11 is 0. The number of ether oxygens (including phenoxy) is 1. The summed E-state index contributed by atoms with van der Waals surface area (Å²) in [6.45, 7) is 1.66. The molecule has 3 rings (SSSR count). The number of carbonyl (C=O) groups excluding carboxylic acids is 1. The summed E-state index contributed by atoms with van der Waals surface area (Å²) in [5.41, 5.74) is 1.14. The van der Waals surface area contributed by atoms with Gasteiger partial charge in [-0.25, -0.2) is 13.4 Å². The minimum Gasteiger partial charge on any atom is -0.438 e. The van der Waals surface area contributed by atoms with Crippen LogP contribution in [0.15, 0.2) is 47.9 Å². The van der Waals surface area contributed by atoms with Gasteiger partial charge in [-0.1, -0.05) is 37.1 Å². The van der Waals surface area contributed by atoms with E-state index < -0.39 is 21.8 Å². The summed E-state index contributed by atoms with van der Waals surface area (Å²) in [5, 5.41) is 13.4. The smallest absolute Gasteiger partial charge is 0.257 e. The molecular weight excluding hydrogens is 414 g/mol. The number of nitrogens with zero attached hydrogens (tertiary/aromatic N) is 2. The molecule has 162 valence electrons. The summed E-state index contributed by atoms with van der Waals surface area (Å²) in [7, 11) is -3.31. The summed E-state index contributed by atoms with van der Waals surface area (Å²) < 4.78 is 28.6. The Morgan fingerprint density at radius 2 is 1.97 bits per heavy atom. The minimum absolute atomic E-state index is 0.127. The summed E-state index contributed by atoms with van der Waals surface area (Å²) in [6, 6.07) is 12.1. The Kier molecular flexibility index (Phi) is 7.08. The fraction of sp³-hybridized carbons (Fsp3) is 0.348. The molecule has 8 heteroatoms. The lowest BCUT2D eigenvalue weighted by Crippen LogP contribution is -2.31. The highest BCUT2D eigenvalue weighted by atomic mass is 32.2. The van der Waals surface area contributed by atoms with E-state index in [0.29, 0.717) is 17.0 Å². The molecule has 1 amide bonds. The highest BCUT2D eigenvalue weighted by molar-refractivity contribution is 7.93. The maximum atomic E-state index is 13.0. The molecule has 1 heterocycles. The fourth-order valence-electron chi connectivity index (χ4n) is 3.54. The van der Waals surface area contributed by atoms with E-state index in [1.165, 1.54) is 12.1 Å². The highest BCUT2D eigenvalue weighted by Crippen LogP contribution is 2.37. The zero-order chi connectivity index (χ0) is 22.4. The molecular formula is C23H25N3O4S. The van der Waals surface area contributed by atoms with Crippen LogP contribution < -0.4 is 10.1 Å². The second-order valence-corrected chi connectivity index (χ2v) is 9.63. The Morgan fingerprint density at radius 1 is 1.29 bits per heavy atom. The molecule has 1 atom stereocenters. The lowest BCUT2D eigenvalue weighted by Gasteiger charge is -2.17. The number of hydrogen-bond donors (Lipinski definition) is 1. The molecule has 1 aromatic carbocycles. The Labute approximate surface area is 182 Å². The van der Waals surface area contributed by atoms with Crippen molar-refractivity contribution >= 4 is 15.7 Å². The number of benzene rings is 1. The Balaban J connectivity index is 1.97. The minimum atomic E-state index is -3.31. The number of rotatable bonds is 7. The molecule has 1 saturated carbocycles. The Hall–Kier alpha value is -3.18. The second-order valence-electron chi connectivity index (χ2n) is 7.70. The number of amides is 1. The van der Waals surface area contributed by atoms with Crippen LogP contribution in [0.3, 0.4) is 0 Å². The number of para-hydroxylation sites is 1. The van der Waals surface area contributed by atoms with Crippen molar-refractivity contribution in [1.82, 2.24) is 10.3 Å². The van der Waals surface area contributed by atoms with Crippen LogP contribution in [0.2, 0.25) is 0 Å². The normalized spacial score (nSPS) is 15.5. The van der Waals surface area contributed by atoms with Gasteiger partial charge >= 0.3 is 0 Å². The number of hydrogen-bond acceptors (Lipinski definition) is 6. The molecule has 31 heavy (non-hydrogen) atoms. The monoisotopic (exact) mass is 439 g/mol. The molecule has 1 fully saturated rings. The molecule has 0 bridgehead atoms. The van der Waals surface area contributed by atoms with Gasteiger partial charge in [-0.2, -0.15) is 5.26 Å². The van der Waals surface area contributed by atoms with Gasteiger partial charge in [0.15, 0.2) is 9.84 Å². The van der Waals surface area contributed by atoms with Gasteiger partial charge in [0.1, 0.15) is 17.4 Å². The van der Waals surface area contributed by atoms with Crippen LogP contribution in [0.25, 0.3) is 0 Å². The van der Waals surface area contributed by atoms with Crippen LogP contribution in [0.1, 0.15) is 60.1 Å². The molecule has 1 unspecified atom stereocenters. The van der Waals surface area contributed by atoms with Crippen LogP contribution in [0.4, 0.5) is 0 Å². The first-order chi connectivity index (χ1) is 14.8. The Morgan fingerprint density at radius 3 is 2.58 bits per heavy atom. The van der Waals surface area contributed by atoms with Gasteiger partial charge in [-0.15, -0.1) is 0 Å². The molecule has 0 saturated heterocycles. The molecule has 0 radical (unpaired) electrons. The van der Waals surface area contributed by atoms with Gasteiger partial charge in [0.25, 0.3) is 5.91 Å². The fourth-order valence-corrected chi connectivity index (χ4v) is 4.06. The average molecular weight is 440 g/mol. The number of nitriles is 1. The van der Waals surface area contributed by atoms with E-state index in [1.54, 1.807) is 19.1 Å². The maximum absolute atomic E-state index is 13.0. The van der Waals surface area contributed by atoms with Crippen LogP contribution in [-0.4, -0.2) is 31.6 Å². The van der Waals surface area contributed by atoms with E-state index in [1.807, 2.05) is 18.2 Å². The van der Waals surface area contributed by atoms with Crippen molar-refractivity contribution in [2.75, 3.05) is 6.26 Å². The van der Waals surface area contributed by atoms with Crippen molar-refractivity contribution in [3.05, 3.63) is 64.7 Å². The average Bonchev–Trinajstić information content (AvgIpc) is 3.27. The van der Waals surface area contributed by atoms with Gasteiger partial charge in [0.05, 0.1) is 11.3 Å². The van der Waals surface area contributed by atoms with Gasteiger partial charge in [-0.05, 0) is 38.0 Å². The lowest BCUT2D eigenvalue weighted by molar-refractivity contribution is 0.0944. The van der Waals surface area contributed by atoms with Crippen molar-refractivity contribution in [1.29, 1.82) is 5.26 Å². The van der Waals surface area contributed by atoms with Gasteiger partial charge in [-0.3, -0.25) is 4.79 Å². The topological polar surface area (TPSA) is 109 Å².